The SMILES string of the molecule is CN=C(NCCCCC(F)(F)F)NC(C)CCC(C)C. The summed E-state index contributed by atoms with van der Waals surface area (Å²) in [6.45, 7) is 6.95. The van der Waals surface area contributed by atoms with Crippen molar-refractivity contribution in [3.8, 4) is 0 Å². The molecule has 0 aliphatic heterocycles. The van der Waals surface area contributed by atoms with Gasteiger partial charge in [-0.1, -0.05) is 13.8 Å². The maximum absolute atomic E-state index is 12.0. The fourth-order valence-electron chi connectivity index (χ4n) is 1.74. The third kappa shape index (κ3) is 12.1. The number of alkyl halides is 3. The van der Waals surface area contributed by atoms with E-state index in [1.165, 1.54) is 0 Å². The van der Waals surface area contributed by atoms with Crippen LogP contribution in [0.15, 0.2) is 4.99 Å². The molecule has 0 aromatic rings. The minimum atomic E-state index is -4.05. The van der Waals surface area contributed by atoms with Crippen LogP contribution in [0.2, 0.25) is 0 Å². The van der Waals surface area contributed by atoms with Crippen LogP contribution >= 0.6 is 0 Å². The van der Waals surface area contributed by atoms with Crippen LogP contribution in [0, 0.1) is 5.92 Å². The summed E-state index contributed by atoms with van der Waals surface area (Å²) in [5.74, 6) is 1.32. The van der Waals surface area contributed by atoms with E-state index < -0.39 is 12.6 Å². The van der Waals surface area contributed by atoms with E-state index in [4.69, 9.17) is 0 Å². The molecule has 0 saturated carbocycles. The molecule has 0 radical (unpaired) electrons. The molecule has 1 atom stereocenters. The van der Waals surface area contributed by atoms with E-state index in [-0.39, 0.29) is 6.42 Å². The summed E-state index contributed by atoms with van der Waals surface area (Å²) in [7, 11) is 1.67. The lowest BCUT2D eigenvalue weighted by atomic mass is 10.0. The standard InChI is InChI=1S/C14H28F3N3/c1-11(2)7-8-12(3)20-13(18-4)19-10-6-5-9-14(15,16)17/h11-12H,5-10H2,1-4H3,(H2,18,19,20). The van der Waals surface area contributed by atoms with Crippen LogP contribution in [-0.4, -0.2) is 31.8 Å². The summed E-state index contributed by atoms with van der Waals surface area (Å²) in [5, 5.41) is 6.29. The Hall–Kier alpha value is -0.940. The predicted octanol–water partition coefficient (Wildman–Crippen LogP) is 3.71. The van der Waals surface area contributed by atoms with Gasteiger partial charge in [-0.2, -0.15) is 13.2 Å². The summed E-state index contributed by atoms with van der Waals surface area (Å²) in [5.41, 5.74) is 0. The molecule has 3 nitrogen and oxygen atoms in total. The molecule has 20 heavy (non-hydrogen) atoms. The van der Waals surface area contributed by atoms with Crippen molar-refractivity contribution in [2.45, 2.75) is 65.1 Å². The van der Waals surface area contributed by atoms with Crippen LogP contribution in [0.1, 0.15) is 52.9 Å². The number of rotatable bonds is 8. The van der Waals surface area contributed by atoms with Gasteiger partial charge in [-0.05, 0) is 38.5 Å². The first-order valence-electron chi connectivity index (χ1n) is 7.28. The van der Waals surface area contributed by atoms with Gasteiger partial charge in [-0.25, -0.2) is 0 Å². The summed E-state index contributed by atoms with van der Waals surface area (Å²) in [6, 6.07) is 0.304. The van der Waals surface area contributed by atoms with E-state index in [1.54, 1.807) is 7.05 Å². The van der Waals surface area contributed by atoms with E-state index in [0.29, 0.717) is 30.9 Å². The molecule has 0 aromatic carbocycles. The number of guanidine groups is 1. The molecule has 0 rings (SSSR count). The van der Waals surface area contributed by atoms with Gasteiger partial charge in [-0.15, -0.1) is 0 Å². The molecule has 0 aliphatic carbocycles. The highest BCUT2D eigenvalue weighted by atomic mass is 19.4. The first-order chi connectivity index (χ1) is 9.24. The quantitative estimate of drug-likeness (QED) is 0.407. The van der Waals surface area contributed by atoms with E-state index in [9.17, 15) is 13.2 Å². The Labute approximate surface area is 120 Å². The van der Waals surface area contributed by atoms with E-state index >= 15 is 0 Å². The summed E-state index contributed by atoms with van der Waals surface area (Å²) < 4.78 is 35.9. The summed E-state index contributed by atoms with van der Waals surface area (Å²) in [6.07, 6.45) is -1.95. The second-order valence-corrected chi connectivity index (χ2v) is 5.59. The number of aliphatic imine (C=N–C) groups is 1. The highest BCUT2D eigenvalue weighted by Gasteiger charge is 2.25. The Kier molecular flexibility index (Phi) is 9.42. The van der Waals surface area contributed by atoms with Gasteiger partial charge in [0.1, 0.15) is 0 Å². The molecule has 0 aliphatic rings. The van der Waals surface area contributed by atoms with Crippen LogP contribution in [0.25, 0.3) is 0 Å². The van der Waals surface area contributed by atoms with Crippen LogP contribution in [0.5, 0.6) is 0 Å². The van der Waals surface area contributed by atoms with Gasteiger partial charge in [0.05, 0.1) is 0 Å². The monoisotopic (exact) mass is 295 g/mol. The molecule has 0 saturated heterocycles. The number of nitrogens with zero attached hydrogens (tertiary/aromatic N) is 1. The molecule has 1 unspecified atom stereocenters. The maximum atomic E-state index is 12.0. The Bertz CT molecular complexity index is 275. The number of unbranched alkanes of at least 4 members (excludes halogenated alkanes) is 1. The predicted molar refractivity (Wildman–Crippen MR) is 77.9 cm³/mol. The molecule has 0 spiro atoms. The molecule has 0 fully saturated rings. The fourth-order valence-corrected chi connectivity index (χ4v) is 1.74. The first-order valence-corrected chi connectivity index (χ1v) is 7.28. The number of nitrogens with one attached hydrogen (secondary N) is 2. The molecule has 2 N–H and O–H groups in total. The van der Waals surface area contributed by atoms with Crippen LogP contribution in [0.3, 0.4) is 0 Å². The molecule has 6 heteroatoms. The Morgan fingerprint density at radius 1 is 1.10 bits per heavy atom. The van der Waals surface area contributed by atoms with Crippen molar-refractivity contribution in [2.24, 2.45) is 10.9 Å². The van der Waals surface area contributed by atoms with Crippen molar-refractivity contribution in [1.82, 2.24) is 10.6 Å². The minimum absolute atomic E-state index is 0.149. The molecule has 0 heterocycles. The molecular formula is C14H28F3N3. The van der Waals surface area contributed by atoms with Crippen LogP contribution in [0.4, 0.5) is 13.2 Å². The molecule has 120 valence electrons. The van der Waals surface area contributed by atoms with E-state index in [1.807, 2.05) is 0 Å². The number of halogens is 3. The van der Waals surface area contributed by atoms with Crippen molar-refractivity contribution >= 4 is 5.96 Å². The lowest BCUT2D eigenvalue weighted by Crippen LogP contribution is -2.42. The van der Waals surface area contributed by atoms with E-state index in [0.717, 1.165) is 12.8 Å². The Morgan fingerprint density at radius 2 is 1.75 bits per heavy atom. The Morgan fingerprint density at radius 3 is 2.25 bits per heavy atom. The minimum Gasteiger partial charge on any atom is -0.356 e. The van der Waals surface area contributed by atoms with Crippen molar-refractivity contribution < 1.29 is 13.2 Å². The van der Waals surface area contributed by atoms with Gasteiger partial charge in [0, 0.05) is 26.1 Å². The third-order valence-electron chi connectivity index (χ3n) is 2.96. The second-order valence-electron chi connectivity index (χ2n) is 5.59. The lowest BCUT2D eigenvalue weighted by molar-refractivity contribution is -0.135. The zero-order valence-electron chi connectivity index (χ0n) is 13.0. The molecular weight excluding hydrogens is 267 g/mol. The molecule has 0 aromatic heterocycles. The number of hydrogen-bond acceptors (Lipinski definition) is 1. The van der Waals surface area contributed by atoms with Crippen LogP contribution < -0.4 is 10.6 Å². The number of hydrogen-bond donors (Lipinski definition) is 2. The van der Waals surface area contributed by atoms with Gasteiger partial charge in [0.25, 0.3) is 0 Å². The van der Waals surface area contributed by atoms with Crippen molar-refractivity contribution in [1.29, 1.82) is 0 Å². The highest BCUT2D eigenvalue weighted by molar-refractivity contribution is 5.79. The topological polar surface area (TPSA) is 36.4 Å². The van der Waals surface area contributed by atoms with Gasteiger partial charge in [0.2, 0.25) is 0 Å². The fraction of sp³-hybridized carbons (Fsp3) is 0.929. The summed E-state index contributed by atoms with van der Waals surface area (Å²) >= 11 is 0. The Balaban J connectivity index is 3.77. The lowest BCUT2D eigenvalue weighted by Gasteiger charge is -2.18. The van der Waals surface area contributed by atoms with Gasteiger partial charge >= 0.3 is 6.18 Å². The molecule has 0 amide bonds. The van der Waals surface area contributed by atoms with Gasteiger partial charge < -0.3 is 10.6 Å². The average molecular weight is 295 g/mol. The van der Waals surface area contributed by atoms with Gasteiger partial charge in [0.15, 0.2) is 5.96 Å². The summed E-state index contributed by atoms with van der Waals surface area (Å²) in [4.78, 5) is 4.07. The highest BCUT2D eigenvalue weighted by Crippen LogP contribution is 2.21. The van der Waals surface area contributed by atoms with Crippen molar-refractivity contribution in [3.63, 3.8) is 0 Å². The maximum Gasteiger partial charge on any atom is 0.389 e. The zero-order chi connectivity index (χ0) is 15.6. The zero-order valence-corrected chi connectivity index (χ0v) is 13.0. The van der Waals surface area contributed by atoms with E-state index in [2.05, 4.69) is 36.4 Å². The largest absolute Gasteiger partial charge is 0.389 e. The van der Waals surface area contributed by atoms with Crippen molar-refractivity contribution in [2.75, 3.05) is 13.6 Å². The van der Waals surface area contributed by atoms with Crippen molar-refractivity contribution in [3.05, 3.63) is 0 Å². The van der Waals surface area contributed by atoms with Crippen LogP contribution in [-0.2, 0) is 0 Å². The second kappa shape index (κ2) is 9.88. The molecule has 0 bridgehead atoms. The van der Waals surface area contributed by atoms with Gasteiger partial charge in [-0.3, -0.25) is 4.99 Å². The smallest absolute Gasteiger partial charge is 0.356 e. The normalized spacial score (nSPS) is 14.5. The third-order valence-corrected chi connectivity index (χ3v) is 2.96. The average Bonchev–Trinajstić information content (AvgIpc) is 2.33. The first kappa shape index (κ1) is 19.1.